The summed E-state index contributed by atoms with van der Waals surface area (Å²) < 4.78 is 4.63. The predicted octanol–water partition coefficient (Wildman–Crippen LogP) is 1.14. The smallest absolute Gasteiger partial charge is 0.311 e. The zero-order valence-corrected chi connectivity index (χ0v) is 7.47. The van der Waals surface area contributed by atoms with Gasteiger partial charge in [-0.2, -0.15) is 0 Å². The van der Waals surface area contributed by atoms with E-state index >= 15 is 0 Å². The second-order valence-corrected chi connectivity index (χ2v) is 2.32. The highest BCUT2D eigenvalue weighted by molar-refractivity contribution is 5.75. The predicted molar refractivity (Wildman–Crippen MR) is 50.2 cm³/mol. The van der Waals surface area contributed by atoms with Gasteiger partial charge in [-0.15, -0.1) is 0 Å². The van der Waals surface area contributed by atoms with Crippen molar-refractivity contribution in [2.24, 2.45) is 0 Å². The number of para-hydroxylation sites is 2. The van der Waals surface area contributed by atoms with Crippen molar-refractivity contribution in [2.75, 3.05) is 0 Å². The Bertz CT molecular complexity index is 353. The number of esters is 1. The molecular weight excluding hydrogens is 185 g/mol. The van der Waals surface area contributed by atoms with E-state index in [0.29, 0.717) is 0 Å². The Balaban J connectivity index is 0.00000169. The number of rotatable bonds is 2. The molecule has 6 heteroatoms. The molecule has 5 nitrogen and oxygen atoms in total. The van der Waals surface area contributed by atoms with Crippen molar-refractivity contribution in [1.29, 1.82) is 0 Å². The van der Waals surface area contributed by atoms with Crippen molar-refractivity contribution in [3.63, 3.8) is 0 Å². The van der Waals surface area contributed by atoms with Crippen LogP contribution in [0.2, 0.25) is 0 Å². The number of carbonyl (C=O) groups excluding carboxylic acids is 1. The van der Waals surface area contributed by atoms with Crippen LogP contribution in [0.5, 0.6) is 5.75 Å². The fraction of sp³-hybridized carbons (Fsp3) is 0.125. The van der Waals surface area contributed by atoms with Gasteiger partial charge in [0.2, 0.25) is 5.75 Å². The van der Waals surface area contributed by atoms with Gasteiger partial charge >= 0.3 is 11.7 Å². The molecule has 71 valence electrons. The molecule has 0 aliphatic heterocycles. The Morgan fingerprint density at radius 3 is 2.50 bits per heavy atom. The monoisotopic (exact) mass is 192 g/mol. The molecule has 0 unspecified atom stereocenters. The highest BCUT2D eigenvalue weighted by Crippen LogP contribution is 2.25. The lowest BCUT2D eigenvalue weighted by Crippen LogP contribution is -2.03. The second kappa shape index (κ2) is 5.01. The van der Waals surface area contributed by atoms with Crippen LogP contribution in [-0.4, -0.2) is 19.3 Å². The van der Waals surface area contributed by atoms with Gasteiger partial charge in [0.05, 0.1) is 4.92 Å². The van der Waals surface area contributed by atoms with Crippen LogP contribution in [0.15, 0.2) is 24.3 Å². The van der Waals surface area contributed by atoms with Gasteiger partial charge in [-0.05, 0) is 6.07 Å². The van der Waals surface area contributed by atoms with Crippen molar-refractivity contribution in [1.82, 2.24) is 0 Å². The van der Waals surface area contributed by atoms with E-state index in [2.05, 4.69) is 4.74 Å². The molecule has 0 heterocycles. The second-order valence-electron chi connectivity index (χ2n) is 2.32. The van der Waals surface area contributed by atoms with Gasteiger partial charge < -0.3 is 4.74 Å². The Hall–Kier alpha value is -1.85. The number of nitro benzene ring substituents is 1. The van der Waals surface area contributed by atoms with E-state index in [1.807, 2.05) is 0 Å². The van der Waals surface area contributed by atoms with Crippen LogP contribution < -0.4 is 4.74 Å². The maximum absolute atomic E-state index is 10.5. The van der Waals surface area contributed by atoms with Crippen molar-refractivity contribution in [2.45, 2.75) is 6.92 Å². The summed E-state index contributed by atoms with van der Waals surface area (Å²) in [5.41, 5.74) is -0.210. The summed E-state index contributed by atoms with van der Waals surface area (Å²) in [4.78, 5) is 20.4. The zero-order chi connectivity index (χ0) is 9.84. The molecule has 0 aliphatic carbocycles. The van der Waals surface area contributed by atoms with Crippen LogP contribution in [0, 0.1) is 10.1 Å². The largest absolute Gasteiger partial charge is 0.419 e. The number of benzene rings is 1. The first-order valence-electron chi connectivity index (χ1n) is 3.53. The molecule has 1 aromatic carbocycles. The first-order valence-corrected chi connectivity index (χ1v) is 3.53. The Morgan fingerprint density at radius 2 is 2.00 bits per heavy atom. The quantitative estimate of drug-likeness (QED) is 0.231. The third-order valence-electron chi connectivity index (χ3n) is 1.32. The normalized spacial score (nSPS) is 8.64. The van der Waals surface area contributed by atoms with E-state index in [4.69, 9.17) is 0 Å². The van der Waals surface area contributed by atoms with Crippen molar-refractivity contribution in [3.8, 4) is 5.75 Å². The average molecular weight is 192 g/mol. The molecule has 3 radical (unpaired) electrons. The molecule has 0 aliphatic rings. The average Bonchev–Trinajstić information content (AvgIpc) is 2.03. The summed E-state index contributed by atoms with van der Waals surface area (Å²) in [6.45, 7) is 1.19. The molecule has 0 atom stereocenters. The van der Waals surface area contributed by atoms with Gasteiger partial charge in [0.15, 0.2) is 0 Å². The highest BCUT2D eigenvalue weighted by Gasteiger charge is 2.14. The number of hydrogen-bond donors (Lipinski definition) is 0. The Kier molecular flexibility index (Phi) is 4.35. The lowest BCUT2D eigenvalue weighted by Gasteiger charge is -2.00. The molecule has 0 saturated heterocycles. The van der Waals surface area contributed by atoms with Crippen LogP contribution in [0.4, 0.5) is 5.69 Å². The molecule has 14 heavy (non-hydrogen) atoms. The first-order chi connectivity index (χ1) is 6.11. The minimum Gasteiger partial charge on any atom is -0.419 e. The van der Waals surface area contributed by atoms with E-state index in [1.165, 1.54) is 25.1 Å². The number of hydrogen-bond acceptors (Lipinski definition) is 4. The van der Waals surface area contributed by atoms with Crippen LogP contribution in [-0.2, 0) is 4.79 Å². The maximum atomic E-state index is 10.5. The molecule has 0 bridgehead atoms. The lowest BCUT2D eigenvalue weighted by atomic mass is 10.3. The molecule has 0 saturated carbocycles. The van der Waals surface area contributed by atoms with E-state index in [-0.39, 0.29) is 19.8 Å². The van der Waals surface area contributed by atoms with Crippen molar-refractivity contribution < 1.29 is 14.5 Å². The Labute approximate surface area is 82.4 Å². The number of nitro groups is 1. The van der Waals surface area contributed by atoms with Crippen LogP contribution >= 0.6 is 0 Å². The summed E-state index contributed by atoms with van der Waals surface area (Å²) in [6, 6.07) is 5.72. The van der Waals surface area contributed by atoms with Gasteiger partial charge in [0.25, 0.3) is 0 Å². The van der Waals surface area contributed by atoms with Gasteiger partial charge in [-0.25, -0.2) is 0 Å². The minimum atomic E-state index is -0.599. The zero-order valence-electron chi connectivity index (χ0n) is 7.47. The minimum absolute atomic E-state index is 0. The SMILES string of the molecule is CC(=O)Oc1ccccc1[N+](=O)[O-].[B]. The molecular formula is C8H7BNO4. The van der Waals surface area contributed by atoms with Crippen molar-refractivity contribution in [3.05, 3.63) is 34.4 Å². The lowest BCUT2D eigenvalue weighted by molar-refractivity contribution is -0.385. The summed E-state index contributed by atoms with van der Waals surface area (Å²) in [7, 11) is 0. The molecule has 0 aromatic heterocycles. The van der Waals surface area contributed by atoms with E-state index in [0.717, 1.165) is 0 Å². The fourth-order valence-corrected chi connectivity index (χ4v) is 0.849. The van der Waals surface area contributed by atoms with Gasteiger partial charge in [0, 0.05) is 21.4 Å². The molecule has 0 N–H and O–H groups in total. The van der Waals surface area contributed by atoms with E-state index in [1.54, 1.807) is 6.07 Å². The maximum Gasteiger partial charge on any atom is 0.311 e. The number of ether oxygens (including phenoxy) is 1. The summed E-state index contributed by atoms with van der Waals surface area (Å²) in [5, 5.41) is 10.4. The highest BCUT2D eigenvalue weighted by atomic mass is 16.6. The third-order valence-corrected chi connectivity index (χ3v) is 1.32. The fourth-order valence-electron chi connectivity index (χ4n) is 0.849. The van der Waals surface area contributed by atoms with E-state index in [9.17, 15) is 14.9 Å². The van der Waals surface area contributed by atoms with E-state index < -0.39 is 10.9 Å². The third kappa shape index (κ3) is 2.89. The summed E-state index contributed by atoms with van der Waals surface area (Å²) >= 11 is 0. The molecule has 1 aromatic rings. The van der Waals surface area contributed by atoms with Crippen LogP contribution in [0.1, 0.15) is 6.92 Å². The van der Waals surface area contributed by atoms with Gasteiger partial charge in [-0.1, -0.05) is 12.1 Å². The molecule has 0 amide bonds. The van der Waals surface area contributed by atoms with Gasteiger partial charge in [-0.3, -0.25) is 14.9 Å². The first kappa shape index (κ1) is 12.2. The number of carbonyl (C=O) groups is 1. The molecule has 0 spiro atoms. The van der Waals surface area contributed by atoms with Crippen LogP contribution in [0.3, 0.4) is 0 Å². The molecule has 0 fully saturated rings. The summed E-state index contributed by atoms with van der Waals surface area (Å²) in [6.07, 6.45) is 0. The van der Waals surface area contributed by atoms with Crippen molar-refractivity contribution >= 4 is 20.1 Å². The Morgan fingerprint density at radius 1 is 1.43 bits per heavy atom. The number of nitrogens with zero attached hydrogens (tertiary/aromatic N) is 1. The summed E-state index contributed by atoms with van der Waals surface area (Å²) in [5.74, 6) is -0.602. The molecule has 1 rings (SSSR count). The standard InChI is InChI=1S/C8H7NO4.B/c1-6(10)13-8-5-3-2-4-7(8)9(11)12;/h2-5H,1H3;. The van der Waals surface area contributed by atoms with Gasteiger partial charge in [0.1, 0.15) is 0 Å². The topological polar surface area (TPSA) is 69.4 Å². The van der Waals surface area contributed by atoms with Crippen LogP contribution in [0.25, 0.3) is 0 Å².